The fraction of sp³-hybridized carbons (Fsp3) is 0.0800. The number of H-pyrrole nitrogens is 2. The number of nitriles is 1. The third kappa shape index (κ3) is 7.34. The number of nitro groups is 2. The van der Waals surface area contributed by atoms with Gasteiger partial charge in [0.05, 0.1) is 39.1 Å². The van der Waals surface area contributed by atoms with Gasteiger partial charge in [-0.1, -0.05) is 35.1 Å². The molecule has 2 N–H and O–H groups in total. The highest BCUT2D eigenvalue weighted by Crippen LogP contribution is 2.50. The predicted octanol–water partition coefficient (Wildman–Crippen LogP) is 11.8. The van der Waals surface area contributed by atoms with Crippen LogP contribution in [0.5, 0.6) is 0 Å². The maximum Gasteiger partial charge on any atom is 0.432 e. The number of halogens is 10. The molecule has 0 spiro atoms. The van der Waals surface area contributed by atoms with Gasteiger partial charge in [0.15, 0.2) is 0 Å². The van der Waals surface area contributed by atoms with E-state index in [0.717, 1.165) is 20.4 Å². The Kier molecular flexibility index (Phi) is 10.4. The molecule has 0 aliphatic heterocycles. The molecule has 4 aromatic heterocycles. The monoisotopic (exact) mass is 893 g/mol. The summed E-state index contributed by atoms with van der Waals surface area (Å²) in [5.41, 5.74) is -4.02. The molecule has 0 aliphatic rings. The summed E-state index contributed by atoms with van der Waals surface area (Å²) in [5.74, 6) is 0. The van der Waals surface area contributed by atoms with Gasteiger partial charge in [-0.15, -0.1) is 11.3 Å². The maximum absolute atomic E-state index is 13.5. The average Bonchev–Trinajstić information content (AvgIpc) is 3.73. The summed E-state index contributed by atoms with van der Waals surface area (Å²) in [6.07, 6.45) is -9.49. The SMILES string of the molecule is N#Cc1c(-c2cc(Br)c(Br)s2)[nH]c(C(F)(F)F)c1Br.O=[N+]([O-])c1ccc(-c2c(C(F)(F)F)[nH]c(-c3ccc(Cl)cc3)c2[N+](=O)[O-])s1. The number of rotatable bonds is 5. The molecule has 0 saturated heterocycles. The molecule has 46 heavy (non-hydrogen) atoms. The second-order valence-electron chi connectivity index (χ2n) is 8.66. The standard InChI is InChI=1S/C15H7ClF3N3O4S.C10H2Br3F3N2S/c16-8-3-1-7(2-4-8)12-13(22(25)26)11(14(20-12)15(17,18)19)9-5-6-10(27-9)21(23)24;11-4-1-5(19-9(4)13)7-3(2-17)6(12)8(18-7)10(14,15)16/h1-6,20H;1,18H. The van der Waals surface area contributed by atoms with Crippen LogP contribution in [0.25, 0.3) is 32.3 Å². The lowest BCUT2D eigenvalue weighted by atomic mass is 10.1. The quantitative estimate of drug-likeness (QED) is 0.103. The van der Waals surface area contributed by atoms with Gasteiger partial charge in [-0.2, -0.15) is 31.6 Å². The zero-order valence-electron chi connectivity index (χ0n) is 21.6. The Morgan fingerprint density at radius 1 is 0.826 bits per heavy atom. The van der Waals surface area contributed by atoms with E-state index in [-0.39, 0.29) is 31.9 Å². The van der Waals surface area contributed by atoms with Crippen molar-refractivity contribution in [1.29, 1.82) is 5.26 Å². The highest BCUT2D eigenvalue weighted by molar-refractivity contribution is 9.13. The van der Waals surface area contributed by atoms with Crippen LogP contribution < -0.4 is 0 Å². The van der Waals surface area contributed by atoms with Gasteiger partial charge >= 0.3 is 23.0 Å². The number of hydrogen-bond donors (Lipinski definition) is 2. The molecule has 0 fully saturated rings. The summed E-state index contributed by atoms with van der Waals surface area (Å²) in [6, 6.07) is 10.9. The molecular weight excluding hydrogens is 888 g/mol. The van der Waals surface area contributed by atoms with Gasteiger partial charge in [-0.05, 0) is 72.1 Å². The van der Waals surface area contributed by atoms with Crippen LogP contribution in [-0.2, 0) is 12.4 Å². The average molecular weight is 897 g/mol. The molecule has 5 rings (SSSR count). The predicted molar refractivity (Wildman–Crippen MR) is 170 cm³/mol. The third-order valence-electron chi connectivity index (χ3n) is 5.82. The molecule has 0 radical (unpaired) electrons. The Morgan fingerprint density at radius 2 is 1.41 bits per heavy atom. The molecule has 21 heteroatoms. The van der Waals surface area contributed by atoms with E-state index in [1.165, 1.54) is 35.6 Å². The van der Waals surface area contributed by atoms with Crippen LogP contribution in [0.15, 0.2) is 55.2 Å². The molecule has 0 unspecified atom stereocenters. The van der Waals surface area contributed by atoms with Crippen molar-refractivity contribution < 1.29 is 36.2 Å². The van der Waals surface area contributed by atoms with Gasteiger partial charge < -0.3 is 9.97 Å². The van der Waals surface area contributed by atoms with Crippen molar-refractivity contribution in [3.63, 3.8) is 0 Å². The summed E-state index contributed by atoms with van der Waals surface area (Å²) in [7, 11) is 0. The van der Waals surface area contributed by atoms with Crippen LogP contribution in [0.1, 0.15) is 17.0 Å². The normalized spacial score (nSPS) is 11.6. The number of aromatic nitrogens is 2. The van der Waals surface area contributed by atoms with Gasteiger partial charge in [0.25, 0.3) is 0 Å². The summed E-state index contributed by atoms with van der Waals surface area (Å²) >= 11 is 16.8. The zero-order chi connectivity index (χ0) is 34.3. The van der Waals surface area contributed by atoms with Crippen LogP contribution in [0.2, 0.25) is 5.02 Å². The first kappa shape index (κ1) is 35.6. The summed E-state index contributed by atoms with van der Waals surface area (Å²) in [4.78, 5) is 25.4. The number of thiophene rings is 2. The van der Waals surface area contributed by atoms with Gasteiger partial charge in [0.1, 0.15) is 28.7 Å². The topological polar surface area (TPSA) is 142 Å². The second-order valence-corrected chi connectivity index (χ2v) is 14.2. The van der Waals surface area contributed by atoms with E-state index in [4.69, 9.17) is 16.9 Å². The molecule has 240 valence electrons. The minimum atomic E-state index is -4.94. The molecule has 0 bridgehead atoms. The van der Waals surface area contributed by atoms with Crippen LogP contribution in [0.3, 0.4) is 0 Å². The third-order valence-corrected chi connectivity index (χ3v) is 11.2. The summed E-state index contributed by atoms with van der Waals surface area (Å²) < 4.78 is 80.2. The fourth-order valence-corrected chi connectivity index (χ4v) is 7.59. The van der Waals surface area contributed by atoms with Crippen molar-refractivity contribution in [3.05, 3.63) is 97.4 Å². The molecule has 0 aliphatic carbocycles. The Hall–Kier alpha value is -3.22. The van der Waals surface area contributed by atoms with E-state index in [0.29, 0.717) is 21.2 Å². The second kappa shape index (κ2) is 13.5. The molecule has 9 nitrogen and oxygen atoms in total. The zero-order valence-corrected chi connectivity index (χ0v) is 28.8. The molecule has 5 aromatic rings. The minimum absolute atomic E-state index is 0.0615. The Balaban J connectivity index is 0.000000222. The lowest BCUT2D eigenvalue weighted by molar-refractivity contribution is -0.383. The van der Waals surface area contributed by atoms with Crippen molar-refractivity contribution >= 4 is 92.8 Å². The minimum Gasteiger partial charge on any atom is -0.348 e. The Labute approximate surface area is 290 Å². The lowest BCUT2D eigenvalue weighted by Crippen LogP contribution is -2.07. The molecule has 0 atom stereocenters. The van der Waals surface area contributed by atoms with Gasteiger partial charge in [0.2, 0.25) is 0 Å². The first-order valence-electron chi connectivity index (χ1n) is 11.7. The molecule has 0 amide bonds. The van der Waals surface area contributed by atoms with E-state index in [9.17, 15) is 46.6 Å². The molecular formula is C25H9Br3ClF6N5O4S2. The largest absolute Gasteiger partial charge is 0.432 e. The molecule has 1 aromatic carbocycles. The Bertz CT molecular complexity index is 1990. The van der Waals surface area contributed by atoms with E-state index < -0.39 is 49.8 Å². The van der Waals surface area contributed by atoms with Crippen LogP contribution >= 0.6 is 82.1 Å². The fourth-order valence-electron chi connectivity index (χ4n) is 3.94. The van der Waals surface area contributed by atoms with Crippen molar-refractivity contribution in [2.24, 2.45) is 0 Å². The number of nitrogens with one attached hydrogen (secondary N) is 2. The van der Waals surface area contributed by atoms with Crippen molar-refractivity contribution in [1.82, 2.24) is 9.97 Å². The number of aromatic amines is 2. The van der Waals surface area contributed by atoms with E-state index in [1.54, 1.807) is 12.1 Å². The van der Waals surface area contributed by atoms with E-state index in [1.807, 2.05) is 0 Å². The molecule has 0 saturated carbocycles. The van der Waals surface area contributed by atoms with Crippen LogP contribution in [-0.4, -0.2) is 19.8 Å². The van der Waals surface area contributed by atoms with Crippen LogP contribution in [0, 0.1) is 31.6 Å². The highest BCUT2D eigenvalue weighted by atomic mass is 79.9. The molecule has 4 heterocycles. The number of hydrogen-bond acceptors (Lipinski definition) is 7. The van der Waals surface area contributed by atoms with Gasteiger partial charge in [0, 0.05) is 21.1 Å². The van der Waals surface area contributed by atoms with Crippen molar-refractivity contribution in [2.75, 3.05) is 0 Å². The number of benzene rings is 1. The highest BCUT2D eigenvalue weighted by Gasteiger charge is 2.43. The summed E-state index contributed by atoms with van der Waals surface area (Å²) in [5, 5.41) is 31.3. The first-order chi connectivity index (χ1) is 21.3. The lowest BCUT2D eigenvalue weighted by Gasteiger charge is -2.05. The van der Waals surface area contributed by atoms with Crippen LogP contribution in [0.4, 0.5) is 37.0 Å². The smallest absolute Gasteiger partial charge is 0.348 e. The van der Waals surface area contributed by atoms with Crippen molar-refractivity contribution in [2.45, 2.75) is 12.4 Å². The van der Waals surface area contributed by atoms with Gasteiger partial charge in [-0.25, -0.2) is 0 Å². The number of alkyl halides is 6. The van der Waals surface area contributed by atoms with E-state index >= 15 is 0 Å². The van der Waals surface area contributed by atoms with E-state index in [2.05, 4.69) is 57.8 Å². The first-order valence-corrected chi connectivity index (χ1v) is 16.1. The van der Waals surface area contributed by atoms with Gasteiger partial charge in [-0.3, -0.25) is 20.2 Å². The van der Waals surface area contributed by atoms with Crippen molar-refractivity contribution in [3.8, 4) is 38.3 Å². The summed E-state index contributed by atoms with van der Waals surface area (Å²) in [6.45, 7) is 0. The maximum atomic E-state index is 13.5. The number of nitrogens with zero attached hydrogens (tertiary/aromatic N) is 3. The Morgan fingerprint density at radius 3 is 1.87 bits per heavy atom.